The molecule has 2 rings (SSSR count). The molecular weight excluding hydrogens is 268 g/mol. The summed E-state index contributed by atoms with van der Waals surface area (Å²) in [5, 5.41) is 6.98. The highest BCUT2D eigenvalue weighted by Crippen LogP contribution is 2.25. The molecule has 1 aliphatic rings. The van der Waals surface area contributed by atoms with Gasteiger partial charge in [0.1, 0.15) is 0 Å². The smallest absolute Gasteiger partial charge is 0.237 e. The van der Waals surface area contributed by atoms with Gasteiger partial charge in [0.15, 0.2) is 0 Å². The molecule has 1 fully saturated rings. The summed E-state index contributed by atoms with van der Waals surface area (Å²) in [6.07, 6.45) is 3.34. The number of anilines is 1. The van der Waals surface area contributed by atoms with E-state index in [9.17, 15) is 4.79 Å². The lowest BCUT2D eigenvalue weighted by atomic mass is 10.1. The Morgan fingerprint density at radius 2 is 2.00 bits per heavy atom. The molecule has 1 aromatic rings. The number of benzene rings is 1. The normalized spacial score (nSPS) is 17.7. The van der Waals surface area contributed by atoms with Crippen LogP contribution in [0.25, 0.3) is 0 Å². The maximum Gasteiger partial charge on any atom is 0.237 e. The largest absolute Gasteiger partial charge is 0.325 e. The molecule has 1 heterocycles. The van der Waals surface area contributed by atoms with Crippen LogP contribution in [-0.4, -0.2) is 29.5 Å². The van der Waals surface area contributed by atoms with Gasteiger partial charge in [-0.1, -0.05) is 19.1 Å². The number of hydrogen-bond donors (Lipinski definition) is 2. The molecule has 1 aromatic carbocycles. The van der Waals surface area contributed by atoms with Crippen LogP contribution in [-0.2, 0) is 11.2 Å². The maximum absolute atomic E-state index is 12.2. The van der Waals surface area contributed by atoms with Crippen LogP contribution in [0.15, 0.2) is 24.3 Å². The minimum absolute atomic E-state index is 0.00366. The molecule has 3 nitrogen and oxygen atoms in total. The zero-order valence-electron chi connectivity index (χ0n) is 12.3. The molecule has 110 valence electrons. The van der Waals surface area contributed by atoms with Crippen molar-refractivity contribution in [3.8, 4) is 0 Å². The number of piperidine rings is 1. The Balaban J connectivity index is 1.83. The number of nitrogens with one attached hydrogen (secondary N) is 2. The van der Waals surface area contributed by atoms with Crippen molar-refractivity contribution in [1.82, 2.24) is 5.32 Å². The van der Waals surface area contributed by atoms with Crippen molar-refractivity contribution in [1.29, 1.82) is 0 Å². The van der Waals surface area contributed by atoms with Crippen LogP contribution >= 0.6 is 11.8 Å². The van der Waals surface area contributed by atoms with Crippen LogP contribution < -0.4 is 10.6 Å². The van der Waals surface area contributed by atoms with Crippen LogP contribution in [0.3, 0.4) is 0 Å². The fourth-order valence-electron chi connectivity index (χ4n) is 2.35. The summed E-state index contributed by atoms with van der Waals surface area (Å²) < 4.78 is 0. The minimum atomic E-state index is 0.00366. The Hall–Kier alpha value is -1.00. The highest BCUT2D eigenvalue weighted by atomic mass is 32.2. The number of rotatable bonds is 5. The number of aryl methyl sites for hydroxylation is 1. The molecule has 1 amide bonds. The molecule has 1 aliphatic heterocycles. The lowest BCUT2D eigenvalue weighted by molar-refractivity contribution is -0.115. The van der Waals surface area contributed by atoms with Gasteiger partial charge in [-0.15, -0.1) is 11.8 Å². The predicted octanol–water partition coefficient (Wildman–Crippen LogP) is 3.06. The van der Waals surface area contributed by atoms with Gasteiger partial charge in [0.2, 0.25) is 5.91 Å². The molecule has 1 unspecified atom stereocenters. The number of carbonyl (C=O) groups is 1. The molecule has 20 heavy (non-hydrogen) atoms. The second kappa shape index (κ2) is 7.70. The number of carbonyl (C=O) groups excluding carboxylic acids is 1. The summed E-state index contributed by atoms with van der Waals surface area (Å²) in [5.74, 6) is 0.109. The number of amides is 1. The van der Waals surface area contributed by atoms with E-state index < -0.39 is 0 Å². The van der Waals surface area contributed by atoms with Gasteiger partial charge in [-0.05, 0) is 57.0 Å². The zero-order valence-corrected chi connectivity index (χ0v) is 13.1. The van der Waals surface area contributed by atoms with Crippen molar-refractivity contribution >= 4 is 23.4 Å². The average Bonchev–Trinajstić information content (AvgIpc) is 2.49. The third-order valence-corrected chi connectivity index (χ3v) is 5.16. The van der Waals surface area contributed by atoms with Crippen LogP contribution in [0.2, 0.25) is 0 Å². The quantitative estimate of drug-likeness (QED) is 0.876. The van der Waals surface area contributed by atoms with E-state index in [0.29, 0.717) is 5.25 Å². The lowest BCUT2D eigenvalue weighted by Gasteiger charge is -2.24. The van der Waals surface area contributed by atoms with Gasteiger partial charge in [-0.2, -0.15) is 0 Å². The van der Waals surface area contributed by atoms with Gasteiger partial charge in [0.25, 0.3) is 0 Å². The Kier molecular flexibility index (Phi) is 5.92. The number of thioether (sulfide) groups is 1. The number of hydrogen-bond acceptors (Lipinski definition) is 3. The van der Waals surface area contributed by atoms with Gasteiger partial charge in [-0.25, -0.2) is 0 Å². The summed E-state index contributed by atoms with van der Waals surface area (Å²) in [7, 11) is 0. The first kappa shape index (κ1) is 15.4. The van der Waals surface area contributed by atoms with Gasteiger partial charge >= 0.3 is 0 Å². The molecule has 0 aromatic heterocycles. The van der Waals surface area contributed by atoms with E-state index in [1.54, 1.807) is 11.8 Å². The van der Waals surface area contributed by atoms with Crippen LogP contribution in [0.1, 0.15) is 32.3 Å². The highest BCUT2D eigenvalue weighted by Gasteiger charge is 2.21. The molecule has 1 atom stereocenters. The first-order chi connectivity index (χ1) is 9.69. The molecule has 0 radical (unpaired) electrons. The molecule has 0 saturated carbocycles. The summed E-state index contributed by atoms with van der Waals surface area (Å²) in [4.78, 5) is 12.2. The monoisotopic (exact) mass is 292 g/mol. The van der Waals surface area contributed by atoms with Crippen molar-refractivity contribution in [3.63, 3.8) is 0 Å². The summed E-state index contributed by atoms with van der Waals surface area (Å²) in [6, 6.07) is 8.11. The summed E-state index contributed by atoms with van der Waals surface area (Å²) >= 11 is 1.80. The van der Waals surface area contributed by atoms with Crippen molar-refractivity contribution in [3.05, 3.63) is 29.8 Å². The predicted molar refractivity (Wildman–Crippen MR) is 87.4 cm³/mol. The fraction of sp³-hybridized carbons (Fsp3) is 0.562. The summed E-state index contributed by atoms with van der Waals surface area (Å²) in [5.41, 5.74) is 2.19. The summed E-state index contributed by atoms with van der Waals surface area (Å²) in [6.45, 7) is 6.28. The maximum atomic E-state index is 12.2. The Bertz CT molecular complexity index is 427. The van der Waals surface area contributed by atoms with Gasteiger partial charge in [-0.3, -0.25) is 4.79 Å². The topological polar surface area (TPSA) is 41.1 Å². The molecule has 0 spiro atoms. The SMILES string of the molecule is CCc1ccc(NC(=O)C(C)SC2CCNCC2)cc1. The first-order valence-corrected chi connectivity index (χ1v) is 8.39. The van der Waals surface area contributed by atoms with Gasteiger partial charge in [0.05, 0.1) is 5.25 Å². The van der Waals surface area contributed by atoms with Gasteiger partial charge < -0.3 is 10.6 Å². The van der Waals surface area contributed by atoms with E-state index in [2.05, 4.69) is 29.7 Å². The molecule has 4 heteroatoms. The first-order valence-electron chi connectivity index (χ1n) is 7.45. The van der Waals surface area contributed by atoms with Crippen LogP contribution in [0.5, 0.6) is 0 Å². The Morgan fingerprint density at radius 3 is 2.60 bits per heavy atom. The lowest BCUT2D eigenvalue weighted by Crippen LogP contribution is -2.32. The standard InChI is InChI=1S/C16H24N2OS/c1-3-13-4-6-14(7-5-13)18-16(19)12(2)20-15-8-10-17-11-9-15/h4-7,12,15,17H,3,8-11H2,1-2H3,(H,18,19). The molecule has 0 aliphatic carbocycles. The van der Waals surface area contributed by atoms with Crippen LogP contribution in [0.4, 0.5) is 5.69 Å². The van der Waals surface area contributed by atoms with Crippen molar-refractivity contribution < 1.29 is 4.79 Å². The van der Waals surface area contributed by atoms with E-state index in [-0.39, 0.29) is 11.2 Å². The Morgan fingerprint density at radius 1 is 1.35 bits per heavy atom. The minimum Gasteiger partial charge on any atom is -0.325 e. The zero-order chi connectivity index (χ0) is 14.4. The fourth-order valence-corrected chi connectivity index (χ4v) is 3.62. The molecular formula is C16H24N2OS. The Labute approximate surface area is 125 Å². The van der Waals surface area contributed by atoms with E-state index in [4.69, 9.17) is 0 Å². The van der Waals surface area contributed by atoms with Crippen molar-refractivity contribution in [2.75, 3.05) is 18.4 Å². The second-order valence-corrected chi connectivity index (χ2v) is 6.91. The third kappa shape index (κ3) is 4.53. The average molecular weight is 292 g/mol. The van der Waals surface area contributed by atoms with Crippen molar-refractivity contribution in [2.45, 2.75) is 43.6 Å². The third-order valence-electron chi connectivity index (χ3n) is 3.68. The van der Waals surface area contributed by atoms with E-state index in [1.165, 1.54) is 5.56 Å². The van der Waals surface area contributed by atoms with E-state index in [1.807, 2.05) is 19.1 Å². The second-order valence-electron chi connectivity index (χ2n) is 5.27. The van der Waals surface area contributed by atoms with E-state index >= 15 is 0 Å². The highest BCUT2D eigenvalue weighted by molar-refractivity contribution is 8.01. The molecule has 2 N–H and O–H groups in total. The van der Waals surface area contributed by atoms with E-state index in [0.717, 1.165) is 38.0 Å². The molecule has 0 bridgehead atoms. The van der Waals surface area contributed by atoms with Crippen molar-refractivity contribution in [2.24, 2.45) is 0 Å². The van der Waals surface area contributed by atoms with Gasteiger partial charge in [0, 0.05) is 10.9 Å². The van der Waals surface area contributed by atoms with Crippen LogP contribution in [0, 0.1) is 0 Å². The molecule has 1 saturated heterocycles.